The Morgan fingerprint density at radius 3 is 1.75 bits per heavy atom. The van der Waals surface area contributed by atoms with Crippen LogP contribution < -0.4 is 0 Å². The van der Waals surface area contributed by atoms with E-state index in [2.05, 4.69) is 162 Å². The molecule has 2 heterocycles. The lowest BCUT2D eigenvalue weighted by Gasteiger charge is -2.15. The van der Waals surface area contributed by atoms with Gasteiger partial charge in [-0.05, 0) is 133 Å². The van der Waals surface area contributed by atoms with Gasteiger partial charge in [0.15, 0.2) is 0 Å². The Morgan fingerprint density at radius 2 is 1.06 bits per heavy atom. The summed E-state index contributed by atoms with van der Waals surface area (Å²) in [5.41, 5.74) is 10.6. The van der Waals surface area contributed by atoms with E-state index in [1.54, 1.807) is 0 Å². The molecule has 3 heteroatoms. The summed E-state index contributed by atoms with van der Waals surface area (Å²) >= 11 is 0. The van der Waals surface area contributed by atoms with E-state index in [9.17, 15) is 5.26 Å². The van der Waals surface area contributed by atoms with Crippen molar-refractivity contribution in [2.75, 3.05) is 0 Å². The summed E-state index contributed by atoms with van der Waals surface area (Å²) in [4.78, 5) is 5.01. The Morgan fingerprint density at radius 1 is 0.434 bits per heavy atom. The minimum atomic E-state index is 0.653. The second kappa shape index (κ2) is 11.4. The van der Waals surface area contributed by atoms with Gasteiger partial charge in [0.05, 0.1) is 28.4 Å². The Bertz CT molecular complexity index is 3200. The minimum Gasteiger partial charge on any atom is -0.309 e. The van der Waals surface area contributed by atoms with Crippen LogP contribution in [0.3, 0.4) is 0 Å². The molecule has 53 heavy (non-hydrogen) atoms. The normalized spacial score (nSPS) is 11.8. The third-order valence-electron chi connectivity index (χ3n) is 10.9. The van der Waals surface area contributed by atoms with E-state index in [-0.39, 0.29) is 0 Å². The fourth-order valence-corrected chi connectivity index (χ4v) is 8.48. The fourth-order valence-electron chi connectivity index (χ4n) is 8.48. The molecule has 9 aromatic carbocycles. The fraction of sp³-hybridized carbons (Fsp3) is 0. The van der Waals surface area contributed by atoms with Crippen LogP contribution in [0.5, 0.6) is 0 Å². The third kappa shape index (κ3) is 4.56. The van der Waals surface area contributed by atoms with Gasteiger partial charge in [-0.1, -0.05) is 97.1 Å². The zero-order chi connectivity index (χ0) is 35.0. The molecule has 0 unspecified atom stereocenters. The van der Waals surface area contributed by atoms with Crippen LogP contribution >= 0.6 is 0 Å². The topological polar surface area (TPSA) is 41.6 Å². The molecule has 11 rings (SSSR count). The highest BCUT2D eigenvalue weighted by Gasteiger charge is 2.16. The maximum absolute atomic E-state index is 9.70. The van der Waals surface area contributed by atoms with Crippen molar-refractivity contribution in [2.24, 2.45) is 0 Å². The van der Waals surface area contributed by atoms with Crippen molar-refractivity contribution in [1.82, 2.24) is 9.55 Å². The van der Waals surface area contributed by atoms with E-state index < -0.39 is 0 Å². The number of hydrogen-bond donors (Lipinski definition) is 0. The third-order valence-corrected chi connectivity index (χ3v) is 10.9. The summed E-state index contributed by atoms with van der Waals surface area (Å²) in [7, 11) is 0. The molecule has 0 N–H and O–H groups in total. The number of pyridine rings is 1. The molecular weight excluding hydrogens is 643 g/mol. The van der Waals surface area contributed by atoms with Gasteiger partial charge < -0.3 is 4.57 Å². The number of nitrogens with zero attached hydrogens (tertiary/aromatic N) is 3. The van der Waals surface area contributed by atoms with Crippen molar-refractivity contribution in [3.05, 3.63) is 182 Å². The van der Waals surface area contributed by atoms with Crippen LogP contribution in [-0.2, 0) is 0 Å². The number of rotatable bonds is 4. The minimum absolute atomic E-state index is 0.653. The van der Waals surface area contributed by atoms with E-state index in [0.29, 0.717) is 5.56 Å². The quantitative estimate of drug-likeness (QED) is 0.175. The first-order valence-corrected chi connectivity index (χ1v) is 17.9. The maximum atomic E-state index is 9.70. The Hall–Kier alpha value is -7.28. The number of hydrogen-bond acceptors (Lipinski definition) is 2. The molecule has 0 aliphatic carbocycles. The molecule has 0 radical (unpaired) electrons. The first-order chi connectivity index (χ1) is 26.2. The van der Waals surface area contributed by atoms with Gasteiger partial charge in [0.1, 0.15) is 0 Å². The van der Waals surface area contributed by atoms with Crippen molar-refractivity contribution < 1.29 is 0 Å². The van der Waals surface area contributed by atoms with Crippen LogP contribution in [0.25, 0.3) is 104 Å². The lowest BCUT2D eigenvalue weighted by molar-refractivity contribution is 1.18. The van der Waals surface area contributed by atoms with Gasteiger partial charge in [-0.25, -0.2) is 0 Å². The Labute approximate surface area is 305 Å². The average Bonchev–Trinajstić information content (AvgIpc) is 3.55. The molecule has 2 aromatic heterocycles. The van der Waals surface area contributed by atoms with E-state index in [0.717, 1.165) is 49.9 Å². The molecule has 3 nitrogen and oxygen atoms in total. The molecule has 0 atom stereocenters. The summed E-state index contributed by atoms with van der Waals surface area (Å²) in [5, 5.41) is 22.0. The Balaban J connectivity index is 0.982. The first-order valence-electron chi connectivity index (χ1n) is 17.9. The number of para-hydroxylation sites is 1. The van der Waals surface area contributed by atoms with Gasteiger partial charge in [-0.2, -0.15) is 5.26 Å². The molecule has 0 aliphatic rings. The van der Waals surface area contributed by atoms with E-state index in [1.165, 1.54) is 54.2 Å². The highest BCUT2D eigenvalue weighted by atomic mass is 15.0. The smallest absolute Gasteiger partial charge is 0.0991 e. The molecule has 244 valence electrons. The molecule has 11 aromatic rings. The van der Waals surface area contributed by atoms with Crippen LogP contribution in [-0.4, -0.2) is 9.55 Å². The zero-order valence-corrected chi connectivity index (χ0v) is 28.6. The lowest BCUT2D eigenvalue weighted by atomic mass is 9.89. The molecule has 0 saturated heterocycles. The Kier molecular flexibility index (Phi) is 6.32. The molecule has 0 aliphatic heterocycles. The number of fused-ring (bicyclic) bond motifs is 4. The maximum Gasteiger partial charge on any atom is 0.0991 e. The van der Waals surface area contributed by atoms with Gasteiger partial charge in [0, 0.05) is 33.8 Å². The van der Waals surface area contributed by atoms with Crippen LogP contribution in [0.2, 0.25) is 0 Å². The lowest BCUT2D eigenvalue weighted by Crippen LogP contribution is -1.93. The second-order valence-corrected chi connectivity index (χ2v) is 13.9. The largest absolute Gasteiger partial charge is 0.309 e. The summed E-state index contributed by atoms with van der Waals surface area (Å²) in [6.45, 7) is 0. The van der Waals surface area contributed by atoms with Gasteiger partial charge in [-0.3, -0.25) is 4.98 Å². The summed E-state index contributed by atoms with van der Waals surface area (Å²) in [5.74, 6) is 0. The van der Waals surface area contributed by atoms with Crippen molar-refractivity contribution >= 4 is 64.9 Å². The number of benzene rings is 9. The van der Waals surface area contributed by atoms with Crippen LogP contribution in [0.15, 0.2) is 176 Å². The van der Waals surface area contributed by atoms with Gasteiger partial charge in [0.25, 0.3) is 0 Å². The van der Waals surface area contributed by atoms with Crippen LogP contribution in [0, 0.1) is 11.3 Å². The van der Waals surface area contributed by atoms with Crippen molar-refractivity contribution in [2.45, 2.75) is 0 Å². The predicted molar refractivity (Wildman–Crippen MR) is 221 cm³/mol. The van der Waals surface area contributed by atoms with E-state index in [4.69, 9.17) is 4.98 Å². The van der Waals surface area contributed by atoms with E-state index >= 15 is 0 Å². The van der Waals surface area contributed by atoms with Crippen LogP contribution in [0.1, 0.15) is 5.56 Å². The van der Waals surface area contributed by atoms with Crippen molar-refractivity contribution in [1.29, 1.82) is 5.26 Å². The van der Waals surface area contributed by atoms with Crippen LogP contribution in [0.4, 0.5) is 0 Å². The number of aromatic nitrogens is 2. The summed E-state index contributed by atoms with van der Waals surface area (Å²) in [6.07, 6.45) is 1.98. The molecule has 0 fully saturated rings. The molecule has 0 spiro atoms. The zero-order valence-electron chi connectivity index (χ0n) is 28.6. The van der Waals surface area contributed by atoms with Gasteiger partial charge >= 0.3 is 0 Å². The summed E-state index contributed by atoms with van der Waals surface area (Å²) in [6, 6.07) is 63.0. The highest BCUT2D eigenvalue weighted by Crippen LogP contribution is 2.41. The molecule has 0 amide bonds. The molecule has 0 saturated carbocycles. The van der Waals surface area contributed by atoms with Gasteiger partial charge in [-0.15, -0.1) is 0 Å². The monoisotopic (exact) mass is 671 g/mol. The standard InChI is InChI=1S/C50H29N3/c51-29-31-13-21-47-44(23-31)45-28-33(19-22-48(45)53(47)41-9-2-1-3-10-41)38-18-20-46(52-30-38)40-26-36-16-14-34-24-39(25-35-15-17-37(27-40)50(36)49(34)35)43-12-6-8-32-7-4-5-11-42(32)43/h1-28,30H. The first kappa shape index (κ1) is 29.5. The van der Waals surface area contributed by atoms with Gasteiger partial charge in [0.2, 0.25) is 0 Å². The SMILES string of the molecule is N#Cc1ccc2c(c1)c1cc(-c3ccc(-c4cc5ccc6cc(-c7cccc8ccccc78)cc7ccc(c4)c5c67)nc3)ccc1n2-c1ccccc1. The van der Waals surface area contributed by atoms with Crippen molar-refractivity contribution in [3.63, 3.8) is 0 Å². The molecular formula is C50H29N3. The average molecular weight is 672 g/mol. The van der Waals surface area contributed by atoms with E-state index in [1.807, 2.05) is 24.4 Å². The predicted octanol–water partition coefficient (Wildman–Crippen LogP) is 13.1. The second-order valence-electron chi connectivity index (χ2n) is 13.9. The number of nitriles is 1. The van der Waals surface area contributed by atoms with Crippen molar-refractivity contribution in [3.8, 4) is 45.3 Å². The molecule has 0 bridgehead atoms. The highest BCUT2D eigenvalue weighted by molar-refractivity contribution is 6.24. The summed E-state index contributed by atoms with van der Waals surface area (Å²) < 4.78 is 2.27.